The first-order chi connectivity index (χ1) is 12.3. The van der Waals surface area contributed by atoms with Crippen LogP contribution in [0.5, 0.6) is 0 Å². The summed E-state index contributed by atoms with van der Waals surface area (Å²) in [5.74, 6) is -2.85. The molecule has 0 radical (unpaired) electrons. The van der Waals surface area contributed by atoms with Gasteiger partial charge in [-0.25, -0.2) is 0 Å². The van der Waals surface area contributed by atoms with Crippen LogP contribution in [0.25, 0.3) is 0 Å². The third-order valence-corrected chi connectivity index (χ3v) is 7.69. The van der Waals surface area contributed by atoms with Crippen molar-refractivity contribution in [1.82, 2.24) is 0 Å². The molecule has 1 saturated heterocycles. The highest BCUT2D eigenvalue weighted by atomic mass is 31.2. The Hall–Kier alpha value is -0.910. The maximum Gasteiger partial charge on any atom is 0.306 e. The van der Waals surface area contributed by atoms with E-state index in [1.807, 2.05) is 0 Å². The number of hydrogen-bond donors (Lipinski definition) is 3. The molecule has 0 aromatic rings. The molecule has 1 aliphatic rings. The molecule has 1 rings (SSSR count). The van der Waals surface area contributed by atoms with Crippen molar-refractivity contribution in [3.63, 3.8) is 0 Å². The standard InChI is InChI=1S/C18H33O7P/c1-2-3-4-7-16(26(23,24)13-15-6-5-12-25-15)10-8-14(18(21)22)9-11-17(19)20/h14-16H,2-13H2,1H3,(H,19,20)(H,21,22)(H,23,24). The molecular formula is C18H33O7P. The highest BCUT2D eigenvalue weighted by Crippen LogP contribution is 2.52. The van der Waals surface area contributed by atoms with Crippen LogP contribution < -0.4 is 0 Å². The average Bonchev–Trinajstić information content (AvgIpc) is 3.04. The third kappa shape index (κ3) is 8.65. The zero-order valence-corrected chi connectivity index (χ0v) is 16.5. The highest BCUT2D eigenvalue weighted by molar-refractivity contribution is 7.58. The van der Waals surface area contributed by atoms with E-state index < -0.39 is 30.9 Å². The summed E-state index contributed by atoms with van der Waals surface area (Å²) >= 11 is 0. The van der Waals surface area contributed by atoms with E-state index >= 15 is 0 Å². The van der Waals surface area contributed by atoms with Gasteiger partial charge in [-0.05, 0) is 38.5 Å². The van der Waals surface area contributed by atoms with E-state index in [1.165, 1.54) is 0 Å². The lowest BCUT2D eigenvalue weighted by Crippen LogP contribution is -2.22. The van der Waals surface area contributed by atoms with E-state index in [-0.39, 0.29) is 31.5 Å². The van der Waals surface area contributed by atoms with Crippen molar-refractivity contribution in [3.8, 4) is 0 Å². The summed E-state index contributed by atoms with van der Waals surface area (Å²) in [6, 6.07) is 0. The largest absolute Gasteiger partial charge is 0.481 e. The Bertz CT molecular complexity index is 488. The fourth-order valence-electron chi connectivity index (χ4n) is 3.49. The van der Waals surface area contributed by atoms with Crippen LogP contribution in [-0.2, 0) is 18.9 Å². The van der Waals surface area contributed by atoms with E-state index in [2.05, 4.69) is 6.92 Å². The highest BCUT2D eigenvalue weighted by Gasteiger charge is 2.35. The molecule has 1 heterocycles. The van der Waals surface area contributed by atoms with Crippen molar-refractivity contribution in [2.45, 2.75) is 82.9 Å². The minimum atomic E-state index is -3.45. The van der Waals surface area contributed by atoms with E-state index in [4.69, 9.17) is 9.84 Å². The Morgan fingerprint density at radius 1 is 1.15 bits per heavy atom. The number of hydrogen-bond acceptors (Lipinski definition) is 4. The molecule has 0 bridgehead atoms. The van der Waals surface area contributed by atoms with Gasteiger partial charge >= 0.3 is 11.9 Å². The van der Waals surface area contributed by atoms with E-state index in [1.54, 1.807) is 0 Å². The predicted octanol–water partition coefficient (Wildman–Crippen LogP) is 3.73. The van der Waals surface area contributed by atoms with Gasteiger partial charge in [-0.2, -0.15) is 0 Å². The number of carboxylic acids is 2. The molecule has 0 amide bonds. The van der Waals surface area contributed by atoms with Gasteiger partial charge in [0.1, 0.15) is 0 Å². The first-order valence-electron chi connectivity index (χ1n) is 9.64. The van der Waals surface area contributed by atoms with Crippen LogP contribution in [0.3, 0.4) is 0 Å². The quantitative estimate of drug-likeness (QED) is 0.304. The zero-order chi connectivity index (χ0) is 19.6. The van der Waals surface area contributed by atoms with Crippen molar-refractivity contribution >= 4 is 19.3 Å². The fourth-order valence-corrected chi connectivity index (χ4v) is 5.80. The molecule has 8 heteroatoms. The summed E-state index contributed by atoms with van der Waals surface area (Å²) in [7, 11) is -3.45. The molecule has 1 aliphatic heterocycles. The summed E-state index contributed by atoms with van der Waals surface area (Å²) in [6.07, 6.45) is 5.47. The van der Waals surface area contributed by atoms with Crippen LogP contribution in [0.2, 0.25) is 0 Å². The molecule has 0 saturated carbocycles. The number of aliphatic carboxylic acids is 2. The van der Waals surface area contributed by atoms with Crippen molar-refractivity contribution in [2.75, 3.05) is 12.8 Å². The Balaban J connectivity index is 2.68. The van der Waals surface area contributed by atoms with Gasteiger partial charge in [-0.1, -0.05) is 26.2 Å². The second-order valence-electron chi connectivity index (χ2n) is 7.27. The molecule has 26 heavy (non-hydrogen) atoms. The van der Waals surface area contributed by atoms with Crippen molar-refractivity contribution in [3.05, 3.63) is 0 Å². The molecule has 4 atom stereocenters. The Labute approximate surface area is 155 Å². The Kier molecular flexibility index (Phi) is 10.4. The lowest BCUT2D eigenvalue weighted by atomic mass is 9.95. The molecule has 0 spiro atoms. The lowest BCUT2D eigenvalue weighted by Gasteiger charge is -2.26. The molecule has 0 aromatic carbocycles. The summed E-state index contributed by atoms with van der Waals surface area (Å²) < 4.78 is 18.4. The third-order valence-electron chi connectivity index (χ3n) is 5.10. The van der Waals surface area contributed by atoms with Gasteiger partial charge in [0.05, 0.1) is 18.2 Å². The number of ether oxygens (including phenoxy) is 1. The average molecular weight is 392 g/mol. The SMILES string of the molecule is CCCCCC(CCC(CCC(=O)O)C(=O)O)P(=O)(O)CC1CCCO1. The molecule has 1 fully saturated rings. The lowest BCUT2D eigenvalue weighted by molar-refractivity contribution is -0.143. The van der Waals surface area contributed by atoms with Gasteiger partial charge in [-0.15, -0.1) is 0 Å². The second-order valence-corrected chi connectivity index (χ2v) is 9.87. The van der Waals surface area contributed by atoms with E-state index in [9.17, 15) is 24.2 Å². The minimum Gasteiger partial charge on any atom is -0.481 e. The minimum absolute atomic E-state index is 0.0494. The normalized spacial score (nSPS) is 21.8. The van der Waals surface area contributed by atoms with E-state index in [0.29, 0.717) is 19.4 Å². The molecule has 3 N–H and O–H groups in total. The van der Waals surface area contributed by atoms with Crippen LogP contribution in [0, 0.1) is 5.92 Å². The Morgan fingerprint density at radius 3 is 2.42 bits per heavy atom. The topological polar surface area (TPSA) is 121 Å². The summed E-state index contributed by atoms with van der Waals surface area (Å²) in [5, 5.41) is 18.1. The van der Waals surface area contributed by atoms with Gasteiger partial charge in [0.25, 0.3) is 0 Å². The molecule has 0 aromatic heterocycles. The van der Waals surface area contributed by atoms with E-state index in [0.717, 1.165) is 32.1 Å². The number of carboxylic acid groups (broad SMARTS) is 2. The monoisotopic (exact) mass is 392 g/mol. The van der Waals surface area contributed by atoms with Crippen LogP contribution in [-0.4, -0.2) is 51.6 Å². The van der Waals surface area contributed by atoms with Crippen molar-refractivity contribution in [2.24, 2.45) is 5.92 Å². The summed E-state index contributed by atoms with van der Waals surface area (Å²) in [6.45, 7) is 2.69. The first-order valence-corrected chi connectivity index (χ1v) is 11.5. The smallest absolute Gasteiger partial charge is 0.306 e. The summed E-state index contributed by atoms with van der Waals surface area (Å²) in [5.41, 5.74) is -0.440. The molecule has 4 unspecified atom stereocenters. The molecule has 152 valence electrons. The van der Waals surface area contributed by atoms with Gasteiger partial charge in [0, 0.05) is 18.7 Å². The predicted molar refractivity (Wildman–Crippen MR) is 98.8 cm³/mol. The zero-order valence-electron chi connectivity index (χ0n) is 15.6. The van der Waals surface area contributed by atoms with Gasteiger partial charge in [-0.3, -0.25) is 14.2 Å². The Morgan fingerprint density at radius 2 is 1.88 bits per heavy atom. The van der Waals surface area contributed by atoms with Crippen molar-refractivity contribution < 1.29 is 34.0 Å². The summed E-state index contributed by atoms with van der Waals surface area (Å²) in [4.78, 5) is 32.7. The van der Waals surface area contributed by atoms with Crippen molar-refractivity contribution in [1.29, 1.82) is 0 Å². The van der Waals surface area contributed by atoms with Crippen LogP contribution >= 0.6 is 7.37 Å². The molecule has 7 nitrogen and oxygen atoms in total. The van der Waals surface area contributed by atoms with Crippen LogP contribution in [0.1, 0.15) is 71.1 Å². The van der Waals surface area contributed by atoms with Gasteiger partial charge < -0.3 is 19.8 Å². The number of carbonyl (C=O) groups is 2. The maximum absolute atomic E-state index is 12.9. The number of rotatable bonds is 14. The fraction of sp³-hybridized carbons (Fsp3) is 0.889. The number of unbranched alkanes of at least 4 members (excludes halogenated alkanes) is 2. The van der Waals surface area contributed by atoms with Crippen LogP contribution in [0.4, 0.5) is 0 Å². The second kappa shape index (κ2) is 11.7. The van der Waals surface area contributed by atoms with Gasteiger partial charge in [0.15, 0.2) is 0 Å². The molecular weight excluding hydrogens is 359 g/mol. The first kappa shape index (κ1) is 23.1. The molecule has 0 aliphatic carbocycles. The van der Waals surface area contributed by atoms with Gasteiger partial charge in [0.2, 0.25) is 7.37 Å². The maximum atomic E-state index is 12.9. The van der Waals surface area contributed by atoms with Crippen LogP contribution in [0.15, 0.2) is 0 Å².